The lowest BCUT2D eigenvalue weighted by Gasteiger charge is -2.10. The number of fused-ring (bicyclic) bond motifs is 1. The Morgan fingerprint density at radius 2 is 1.48 bits per heavy atom. The summed E-state index contributed by atoms with van der Waals surface area (Å²) in [5.74, 6) is -0.275. The van der Waals surface area contributed by atoms with Gasteiger partial charge in [0.2, 0.25) is 0 Å². The molecular formula is C33H36I2N6O. The molecule has 0 fully saturated rings. The lowest BCUT2D eigenvalue weighted by Crippen LogP contribution is -2.14. The number of aromatic nitrogens is 2. The van der Waals surface area contributed by atoms with Gasteiger partial charge in [0.05, 0.1) is 33.2 Å². The second kappa shape index (κ2) is 15.7. The van der Waals surface area contributed by atoms with Gasteiger partial charge in [-0.1, -0.05) is 32.0 Å². The number of aryl methyl sites for hydroxylation is 2. The van der Waals surface area contributed by atoms with E-state index in [-0.39, 0.29) is 53.9 Å². The number of rotatable bonds is 8. The quantitative estimate of drug-likeness (QED) is 0.124. The van der Waals surface area contributed by atoms with Gasteiger partial charge < -0.3 is 20.2 Å². The highest BCUT2D eigenvalue weighted by Gasteiger charge is 2.11. The summed E-state index contributed by atoms with van der Waals surface area (Å²) in [7, 11) is 0. The summed E-state index contributed by atoms with van der Waals surface area (Å²) in [5, 5.41) is 5.74. The van der Waals surface area contributed by atoms with Crippen LogP contribution in [0.5, 0.6) is 0 Å². The molecule has 3 N–H and O–H groups in total. The average Bonchev–Trinajstić information content (AvgIpc) is 2.97. The summed E-state index contributed by atoms with van der Waals surface area (Å²) in [5.41, 5.74) is 10.4. The van der Waals surface area contributed by atoms with Crippen molar-refractivity contribution in [1.82, 2.24) is 9.13 Å². The lowest BCUT2D eigenvalue weighted by molar-refractivity contribution is 0.102. The number of amides is 1. The molecule has 0 bridgehead atoms. The van der Waals surface area contributed by atoms with Crippen LogP contribution in [-0.2, 0) is 13.1 Å². The van der Waals surface area contributed by atoms with Crippen LogP contribution in [0, 0.1) is 0 Å². The molecule has 2 aromatic heterocycles. The predicted molar refractivity (Wildman–Crippen MR) is 193 cm³/mol. The van der Waals surface area contributed by atoms with Crippen LogP contribution >= 0.6 is 48.0 Å². The Hall–Kier alpha value is -3.45. The van der Waals surface area contributed by atoms with Crippen molar-refractivity contribution >= 4 is 87.5 Å². The Labute approximate surface area is 280 Å². The van der Waals surface area contributed by atoms with E-state index in [4.69, 9.17) is 10.7 Å². The number of benzene rings is 3. The number of para-hydroxylation sites is 1. The monoisotopic (exact) mass is 786 g/mol. The molecule has 0 saturated carbocycles. The fraction of sp³-hybridized carbons (Fsp3) is 0.182. The molecule has 3 aromatic carbocycles. The Bertz CT molecular complexity index is 1770. The minimum atomic E-state index is -0.275. The maximum absolute atomic E-state index is 13.0. The number of nitrogens with one attached hydrogen (secondary N) is 1. The summed E-state index contributed by atoms with van der Waals surface area (Å²) in [6.45, 7) is 6.25. The summed E-state index contributed by atoms with van der Waals surface area (Å²) in [4.78, 5) is 22.5. The second-order valence-electron chi connectivity index (χ2n) is 9.70. The van der Waals surface area contributed by atoms with E-state index in [0.717, 1.165) is 53.2 Å². The van der Waals surface area contributed by atoms with Crippen molar-refractivity contribution < 1.29 is 4.79 Å². The van der Waals surface area contributed by atoms with Gasteiger partial charge in [-0.25, -0.2) is 9.98 Å². The normalized spacial score (nSPS) is 11.0. The van der Waals surface area contributed by atoms with E-state index in [0.29, 0.717) is 22.6 Å². The van der Waals surface area contributed by atoms with Gasteiger partial charge in [0.25, 0.3) is 5.91 Å². The van der Waals surface area contributed by atoms with Gasteiger partial charge in [-0.15, -0.1) is 48.0 Å². The first-order valence-electron chi connectivity index (χ1n) is 13.7. The van der Waals surface area contributed by atoms with Crippen molar-refractivity contribution in [3.05, 3.63) is 120 Å². The van der Waals surface area contributed by atoms with Crippen LogP contribution in [0.4, 0.5) is 22.7 Å². The Kier molecular flexibility index (Phi) is 12.3. The molecule has 5 aromatic rings. The third kappa shape index (κ3) is 8.09. The van der Waals surface area contributed by atoms with Crippen molar-refractivity contribution in [3.8, 4) is 0 Å². The molecule has 9 heteroatoms. The number of pyridine rings is 2. The Balaban J connectivity index is 0.00000242. The van der Waals surface area contributed by atoms with Crippen LogP contribution in [0.3, 0.4) is 0 Å². The van der Waals surface area contributed by atoms with Crippen LogP contribution in [0.25, 0.3) is 10.9 Å². The molecule has 1 amide bonds. The van der Waals surface area contributed by atoms with Gasteiger partial charge in [0, 0.05) is 48.4 Å². The number of hydrogen-bond acceptors (Lipinski definition) is 4. The SMILES string of the molecule is CCCn1ccc(=Nc2ccc(NC(=O)c3ccc(N=c4ccn(CCC)c5ccccc45)cc3N)cc2)cc1.I.I. The van der Waals surface area contributed by atoms with Crippen LogP contribution in [0.1, 0.15) is 37.0 Å². The largest absolute Gasteiger partial charge is 0.398 e. The van der Waals surface area contributed by atoms with E-state index in [2.05, 4.69) is 51.6 Å². The summed E-state index contributed by atoms with van der Waals surface area (Å²) >= 11 is 0. The molecule has 0 aliphatic rings. The van der Waals surface area contributed by atoms with Crippen LogP contribution in [-0.4, -0.2) is 15.0 Å². The molecule has 5 rings (SSSR count). The van der Waals surface area contributed by atoms with Gasteiger partial charge in [0.15, 0.2) is 0 Å². The number of nitrogen functional groups attached to an aromatic ring is 1. The minimum Gasteiger partial charge on any atom is -0.398 e. The van der Waals surface area contributed by atoms with E-state index < -0.39 is 0 Å². The zero-order valence-corrected chi connectivity index (χ0v) is 28.4. The molecule has 0 radical (unpaired) electrons. The fourth-order valence-electron chi connectivity index (χ4n) is 4.67. The minimum absolute atomic E-state index is 0. The maximum Gasteiger partial charge on any atom is 0.257 e. The van der Waals surface area contributed by atoms with Gasteiger partial charge in [-0.3, -0.25) is 4.79 Å². The molecule has 0 atom stereocenters. The number of nitrogens with two attached hydrogens (primary N) is 1. The highest BCUT2D eigenvalue weighted by molar-refractivity contribution is 14.0. The van der Waals surface area contributed by atoms with Gasteiger partial charge in [0.1, 0.15) is 0 Å². The molecule has 0 unspecified atom stereocenters. The summed E-state index contributed by atoms with van der Waals surface area (Å²) < 4.78 is 4.37. The van der Waals surface area contributed by atoms with Crippen molar-refractivity contribution in [2.24, 2.45) is 9.98 Å². The van der Waals surface area contributed by atoms with Crippen molar-refractivity contribution in [2.45, 2.75) is 39.8 Å². The van der Waals surface area contributed by atoms with Crippen LogP contribution in [0.15, 0.2) is 114 Å². The molecule has 0 aliphatic heterocycles. The number of carbonyl (C=O) groups excluding carboxylic acids is 1. The molecule has 0 saturated heterocycles. The Morgan fingerprint density at radius 1 is 0.786 bits per heavy atom. The zero-order valence-electron chi connectivity index (χ0n) is 23.7. The van der Waals surface area contributed by atoms with Gasteiger partial charge in [-0.2, -0.15) is 0 Å². The van der Waals surface area contributed by atoms with Crippen molar-refractivity contribution in [3.63, 3.8) is 0 Å². The predicted octanol–water partition coefficient (Wildman–Crippen LogP) is 7.80. The van der Waals surface area contributed by atoms with E-state index in [1.807, 2.05) is 73.1 Å². The number of carbonyl (C=O) groups is 1. The highest BCUT2D eigenvalue weighted by Crippen LogP contribution is 2.23. The molecule has 0 spiro atoms. The van der Waals surface area contributed by atoms with E-state index in [9.17, 15) is 4.79 Å². The molecular weight excluding hydrogens is 750 g/mol. The first-order chi connectivity index (χ1) is 19.5. The topological polar surface area (TPSA) is 89.7 Å². The van der Waals surface area contributed by atoms with Crippen molar-refractivity contribution in [1.29, 1.82) is 0 Å². The molecule has 2 heterocycles. The average molecular weight is 787 g/mol. The van der Waals surface area contributed by atoms with Gasteiger partial charge in [-0.05, 0) is 79.6 Å². The lowest BCUT2D eigenvalue weighted by atomic mass is 10.1. The Morgan fingerprint density at radius 3 is 2.17 bits per heavy atom. The molecule has 42 heavy (non-hydrogen) atoms. The highest BCUT2D eigenvalue weighted by atomic mass is 127. The van der Waals surface area contributed by atoms with Crippen molar-refractivity contribution in [2.75, 3.05) is 11.1 Å². The van der Waals surface area contributed by atoms with E-state index in [1.54, 1.807) is 12.1 Å². The third-order valence-corrected chi connectivity index (χ3v) is 6.63. The van der Waals surface area contributed by atoms with E-state index in [1.165, 1.54) is 0 Å². The standard InChI is InChI=1S/C33H34N6O.2HI/c1-3-18-38-20-15-26(16-21-38)35-24-9-11-25(12-10-24)37-33(40)28-14-13-27(23-30(28)34)36-31-17-22-39(19-4-2)32-8-6-5-7-29(31)32;;/h5-17,20-23H,3-4,18-19,34H2,1-2H3,(H,37,40);2*1H. The number of nitrogens with zero attached hydrogens (tertiary/aromatic N) is 4. The number of halogens is 2. The summed E-state index contributed by atoms with van der Waals surface area (Å²) in [6, 6.07) is 26.9. The summed E-state index contributed by atoms with van der Waals surface area (Å²) in [6.07, 6.45) is 8.27. The fourth-order valence-corrected chi connectivity index (χ4v) is 4.67. The second-order valence-corrected chi connectivity index (χ2v) is 9.70. The first kappa shape index (κ1) is 33.1. The van der Waals surface area contributed by atoms with E-state index >= 15 is 0 Å². The van der Waals surface area contributed by atoms with Crippen LogP contribution in [0.2, 0.25) is 0 Å². The zero-order chi connectivity index (χ0) is 27.9. The van der Waals surface area contributed by atoms with Gasteiger partial charge >= 0.3 is 0 Å². The third-order valence-electron chi connectivity index (χ3n) is 6.63. The smallest absolute Gasteiger partial charge is 0.257 e. The number of anilines is 2. The molecule has 0 aliphatic carbocycles. The number of hydrogen-bond donors (Lipinski definition) is 2. The molecule has 7 nitrogen and oxygen atoms in total. The molecule has 218 valence electrons. The first-order valence-corrected chi connectivity index (χ1v) is 13.7. The van der Waals surface area contributed by atoms with Crippen LogP contribution < -0.4 is 21.8 Å². The maximum atomic E-state index is 13.0.